The standard InChI is InChI=1S/C36H35F2N3O4S.ClH/c1-21(2)39-35(42)32-19-23(33(46-32)22-8-11-25(37)12-9-22)16-17-45-27-13-14-28(29(38)20-27)34-40-30-18-24(36(43)44)10-15-31(30)41(34)26-6-4-3-5-7-26;/h8-15,18-21,26H,3-7,16-17H2,1-2H3,(H,39,42)(H,43,44);1H. The Balaban J connectivity index is 0.00000433. The first-order valence-corrected chi connectivity index (χ1v) is 16.4. The number of aromatic carboxylic acids is 1. The highest BCUT2D eigenvalue weighted by Crippen LogP contribution is 2.38. The predicted octanol–water partition coefficient (Wildman–Crippen LogP) is 9.09. The number of benzene rings is 3. The van der Waals surface area contributed by atoms with E-state index in [0.29, 0.717) is 34.0 Å². The highest BCUT2D eigenvalue weighted by Gasteiger charge is 2.25. The van der Waals surface area contributed by atoms with E-state index >= 15 is 4.39 Å². The van der Waals surface area contributed by atoms with Crippen molar-refractivity contribution in [2.75, 3.05) is 6.61 Å². The molecule has 1 aliphatic carbocycles. The molecule has 0 saturated heterocycles. The third-order valence-electron chi connectivity index (χ3n) is 8.26. The van der Waals surface area contributed by atoms with E-state index < -0.39 is 11.8 Å². The molecule has 1 amide bonds. The van der Waals surface area contributed by atoms with E-state index in [9.17, 15) is 19.1 Å². The zero-order valence-corrected chi connectivity index (χ0v) is 27.7. The lowest BCUT2D eigenvalue weighted by Crippen LogP contribution is -2.29. The van der Waals surface area contributed by atoms with E-state index in [1.807, 2.05) is 19.9 Å². The first kappa shape index (κ1) is 34.1. The quantitative estimate of drug-likeness (QED) is 0.154. The Morgan fingerprint density at radius 3 is 2.45 bits per heavy atom. The van der Waals surface area contributed by atoms with Crippen LogP contribution in [0.25, 0.3) is 32.9 Å². The minimum atomic E-state index is -1.04. The number of halogens is 3. The van der Waals surface area contributed by atoms with E-state index in [1.165, 1.54) is 29.5 Å². The van der Waals surface area contributed by atoms with Crippen molar-refractivity contribution in [3.8, 4) is 27.6 Å². The van der Waals surface area contributed by atoms with Crippen LogP contribution in [-0.2, 0) is 6.42 Å². The van der Waals surface area contributed by atoms with Gasteiger partial charge in [0.15, 0.2) is 0 Å². The number of nitrogens with one attached hydrogen (secondary N) is 1. The maximum atomic E-state index is 15.8. The number of imidazole rings is 1. The number of rotatable bonds is 10. The Kier molecular flexibility index (Phi) is 10.6. The third kappa shape index (κ3) is 7.49. The molecule has 0 bridgehead atoms. The van der Waals surface area contributed by atoms with Crippen molar-refractivity contribution in [2.45, 2.75) is 64.5 Å². The first-order chi connectivity index (χ1) is 22.2. The lowest BCUT2D eigenvalue weighted by atomic mass is 9.94. The molecular formula is C36H36ClF2N3O4S. The van der Waals surface area contributed by atoms with E-state index in [1.54, 1.807) is 42.5 Å². The van der Waals surface area contributed by atoms with Crippen LogP contribution in [0.1, 0.15) is 77.6 Å². The summed E-state index contributed by atoms with van der Waals surface area (Å²) < 4.78 is 37.5. The molecule has 246 valence electrons. The van der Waals surface area contributed by atoms with Crippen molar-refractivity contribution < 1.29 is 28.2 Å². The normalized spacial score (nSPS) is 13.5. The summed E-state index contributed by atoms with van der Waals surface area (Å²) in [5.41, 5.74) is 3.46. The van der Waals surface area contributed by atoms with Crippen LogP contribution in [0.5, 0.6) is 5.75 Å². The van der Waals surface area contributed by atoms with Crippen LogP contribution < -0.4 is 10.1 Å². The molecule has 0 spiro atoms. The van der Waals surface area contributed by atoms with Crippen LogP contribution in [0.3, 0.4) is 0 Å². The molecule has 11 heteroatoms. The summed E-state index contributed by atoms with van der Waals surface area (Å²) in [6.45, 7) is 4.02. The second-order valence-corrected chi connectivity index (χ2v) is 13.0. The minimum absolute atomic E-state index is 0. The highest BCUT2D eigenvalue weighted by molar-refractivity contribution is 7.17. The summed E-state index contributed by atoms with van der Waals surface area (Å²) >= 11 is 1.34. The Hall–Kier alpha value is -4.28. The van der Waals surface area contributed by atoms with Crippen LogP contribution in [-0.4, -0.2) is 39.2 Å². The summed E-state index contributed by atoms with van der Waals surface area (Å²) in [7, 11) is 0. The molecule has 0 atom stereocenters. The number of fused-ring (bicyclic) bond motifs is 1. The molecule has 2 N–H and O–H groups in total. The van der Waals surface area contributed by atoms with Gasteiger partial charge in [-0.25, -0.2) is 18.6 Å². The Labute approximate surface area is 282 Å². The number of carbonyl (C=O) groups is 2. The van der Waals surface area contributed by atoms with Gasteiger partial charge in [-0.1, -0.05) is 31.4 Å². The van der Waals surface area contributed by atoms with Gasteiger partial charge in [-0.15, -0.1) is 23.7 Å². The number of hydrogen-bond acceptors (Lipinski definition) is 5. The van der Waals surface area contributed by atoms with E-state index in [2.05, 4.69) is 9.88 Å². The smallest absolute Gasteiger partial charge is 0.335 e. The van der Waals surface area contributed by atoms with Crippen molar-refractivity contribution in [3.63, 3.8) is 0 Å². The van der Waals surface area contributed by atoms with Gasteiger partial charge in [0, 0.05) is 29.4 Å². The van der Waals surface area contributed by atoms with Crippen molar-refractivity contribution in [1.82, 2.24) is 14.9 Å². The van der Waals surface area contributed by atoms with Crippen molar-refractivity contribution >= 4 is 46.7 Å². The largest absolute Gasteiger partial charge is 0.493 e. The number of carboxylic acids is 1. The molecule has 0 aliphatic heterocycles. The average molecular weight is 680 g/mol. The van der Waals surface area contributed by atoms with E-state index in [0.717, 1.165) is 53.6 Å². The minimum Gasteiger partial charge on any atom is -0.493 e. The second-order valence-electron chi connectivity index (χ2n) is 11.9. The van der Waals surface area contributed by atoms with Gasteiger partial charge in [-0.05, 0) is 86.3 Å². The van der Waals surface area contributed by atoms with Crippen molar-refractivity contribution in [3.05, 3.63) is 94.4 Å². The van der Waals surface area contributed by atoms with Crippen molar-refractivity contribution in [2.24, 2.45) is 0 Å². The number of nitrogens with zero attached hydrogens (tertiary/aromatic N) is 2. The fourth-order valence-electron chi connectivity index (χ4n) is 6.08. The molecule has 6 rings (SSSR count). The second kappa shape index (κ2) is 14.6. The Morgan fingerprint density at radius 1 is 1.02 bits per heavy atom. The fraction of sp³-hybridized carbons (Fsp3) is 0.306. The SMILES string of the molecule is CC(C)NC(=O)c1cc(CCOc2ccc(-c3nc4cc(C(=O)O)ccc4n3C3CCCCC3)c(F)c2)c(-c2ccc(F)cc2)s1.Cl. The van der Waals surface area contributed by atoms with Gasteiger partial charge in [0.05, 0.1) is 33.6 Å². The monoisotopic (exact) mass is 679 g/mol. The molecule has 1 saturated carbocycles. The molecule has 0 unspecified atom stereocenters. The number of aromatic nitrogens is 2. The number of hydrogen-bond donors (Lipinski definition) is 2. The molecule has 0 radical (unpaired) electrons. The fourth-order valence-corrected chi connectivity index (χ4v) is 7.20. The maximum Gasteiger partial charge on any atom is 0.335 e. The van der Waals surface area contributed by atoms with Crippen molar-refractivity contribution in [1.29, 1.82) is 0 Å². The van der Waals surface area contributed by atoms with E-state index in [4.69, 9.17) is 9.72 Å². The molecular weight excluding hydrogens is 644 g/mol. The van der Waals surface area contributed by atoms with Crippen LogP contribution in [0.15, 0.2) is 66.7 Å². The summed E-state index contributed by atoms with van der Waals surface area (Å²) in [6, 6.07) is 17.7. The van der Waals surface area contributed by atoms with Gasteiger partial charge in [0.1, 0.15) is 23.2 Å². The Bertz CT molecular complexity index is 1900. The molecule has 1 fully saturated rings. The molecule has 47 heavy (non-hydrogen) atoms. The number of carbonyl (C=O) groups excluding carboxylic acids is 1. The number of ether oxygens (including phenoxy) is 1. The van der Waals surface area contributed by atoms with Crippen LogP contribution in [0, 0.1) is 11.6 Å². The van der Waals surface area contributed by atoms with Crippen LogP contribution >= 0.6 is 23.7 Å². The maximum absolute atomic E-state index is 15.8. The number of thiophene rings is 1. The Morgan fingerprint density at radius 2 is 1.77 bits per heavy atom. The zero-order valence-electron chi connectivity index (χ0n) is 26.1. The van der Waals surface area contributed by atoms with Gasteiger partial charge in [0.2, 0.25) is 0 Å². The highest BCUT2D eigenvalue weighted by atomic mass is 35.5. The van der Waals surface area contributed by atoms with Gasteiger partial charge >= 0.3 is 5.97 Å². The first-order valence-electron chi connectivity index (χ1n) is 15.6. The summed E-state index contributed by atoms with van der Waals surface area (Å²) in [6.07, 6.45) is 5.65. The van der Waals surface area contributed by atoms with Gasteiger partial charge in [0.25, 0.3) is 5.91 Å². The molecule has 2 aromatic heterocycles. The van der Waals surface area contributed by atoms with Gasteiger partial charge in [-0.3, -0.25) is 4.79 Å². The summed E-state index contributed by atoms with van der Waals surface area (Å²) in [5, 5.41) is 12.4. The molecule has 7 nitrogen and oxygen atoms in total. The predicted molar refractivity (Wildman–Crippen MR) is 183 cm³/mol. The third-order valence-corrected chi connectivity index (χ3v) is 9.48. The lowest BCUT2D eigenvalue weighted by Gasteiger charge is -2.25. The molecule has 1 aliphatic rings. The summed E-state index contributed by atoms with van der Waals surface area (Å²) in [5.74, 6) is -1.21. The molecule has 2 heterocycles. The zero-order chi connectivity index (χ0) is 32.4. The summed E-state index contributed by atoms with van der Waals surface area (Å²) in [4.78, 5) is 30.5. The average Bonchev–Trinajstić information content (AvgIpc) is 3.63. The van der Waals surface area contributed by atoms with Crippen LogP contribution in [0.4, 0.5) is 8.78 Å². The number of amides is 1. The number of carboxylic acid groups (broad SMARTS) is 1. The topological polar surface area (TPSA) is 93.4 Å². The van der Waals surface area contributed by atoms with Gasteiger partial charge in [-0.2, -0.15) is 0 Å². The lowest BCUT2D eigenvalue weighted by molar-refractivity contribution is 0.0696. The van der Waals surface area contributed by atoms with Gasteiger partial charge < -0.3 is 19.7 Å². The van der Waals surface area contributed by atoms with Crippen LogP contribution in [0.2, 0.25) is 0 Å². The van der Waals surface area contributed by atoms with E-state index in [-0.39, 0.29) is 48.4 Å². The molecule has 5 aromatic rings. The molecule has 3 aromatic carbocycles.